The van der Waals surface area contributed by atoms with Crippen LogP contribution in [0.25, 0.3) is 0 Å². The van der Waals surface area contributed by atoms with E-state index >= 15 is 0 Å². The molecule has 0 radical (unpaired) electrons. The van der Waals surface area contributed by atoms with Crippen molar-refractivity contribution in [1.29, 1.82) is 0 Å². The monoisotopic (exact) mass is 343 g/mol. The minimum absolute atomic E-state index is 0.106. The largest absolute Gasteiger partial charge is 0.481 e. The summed E-state index contributed by atoms with van der Waals surface area (Å²) in [5, 5.41) is 11.4. The van der Waals surface area contributed by atoms with Gasteiger partial charge in [-0.2, -0.15) is 0 Å². The average Bonchev–Trinajstić information content (AvgIpc) is 2.58. The number of amides is 2. The van der Waals surface area contributed by atoms with E-state index in [1.54, 1.807) is 18.3 Å². The summed E-state index contributed by atoms with van der Waals surface area (Å²) in [5.41, 5.74) is 2.49. The number of pyridine rings is 1. The Kier molecular flexibility index (Phi) is 5.94. The van der Waals surface area contributed by atoms with Crippen LogP contribution in [0.4, 0.5) is 10.5 Å². The van der Waals surface area contributed by atoms with Crippen LogP contribution < -0.4 is 10.1 Å². The molecule has 0 aliphatic rings. The van der Waals surface area contributed by atoms with Crippen molar-refractivity contribution >= 4 is 17.7 Å². The summed E-state index contributed by atoms with van der Waals surface area (Å²) >= 11 is 0. The summed E-state index contributed by atoms with van der Waals surface area (Å²) in [4.78, 5) is 28.3. The van der Waals surface area contributed by atoms with Gasteiger partial charge in [-0.15, -0.1) is 0 Å². The molecule has 2 aromatic rings. The lowest BCUT2D eigenvalue weighted by molar-refractivity contribution is -0.137. The first-order valence-electron chi connectivity index (χ1n) is 7.81. The molecule has 7 nitrogen and oxygen atoms in total. The van der Waals surface area contributed by atoms with Crippen LogP contribution in [0.3, 0.4) is 0 Å². The Balaban J connectivity index is 2.14. The van der Waals surface area contributed by atoms with Crippen molar-refractivity contribution in [1.82, 2.24) is 9.88 Å². The maximum absolute atomic E-state index is 12.2. The first kappa shape index (κ1) is 18.3. The van der Waals surface area contributed by atoms with Crippen molar-refractivity contribution in [2.75, 3.05) is 18.9 Å². The number of hydrogen-bond donors (Lipinski definition) is 2. The molecule has 0 bridgehead atoms. The van der Waals surface area contributed by atoms with Crippen LogP contribution in [0, 0.1) is 13.8 Å². The van der Waals surface area contributed by atoms with E-state index in [9.17, 15) is 9.59 Å². The summed E-state index contributed by atoms with van der Waals surface area (Å²) in [6.45, 7) is 4.04. The highest BCUT2D eigenvalue weighted by Crippen LogP contribution is 2.30. The molecule has 0 saturated heterocycles. The van der Waals surface area contributed by atoms with Crippen molar-refractivity contribution in [3.05, 3.63) is 47.7 Å². The third-order valence-corrected chi connectivity index (χ3v) is 3.78. The van der Waals surface area contributed by atoms with E-state index in [-0.39, 0.29) is 18.8 Å². The van der Waals surface area contributed by atoms with Gasteiger partial charge in [-0.3, -0.25) is 4.79 Å². The van der Waals surface area contributed by atoms with Crippen LogP contribution in [-0.2, 0) is 4.79 Å². The highest BCUT2D eigenvalue weighted by Gasteiger charge is 2.15. The highest BCUT2D eigenvalue weighted by atomic mass is 16.5. The van der Waals surface area contributed by atoms with E-state index in [0.29, 0.717) is 11.4 Å². The Morgan fingerprint density at radius 2 is 2.00 bits per heavy atom. The van der Waals surface area contributed by atoms with Gasteiger partial charge in [0.15, 0.2) is 0 Å². The highest BCUT2D eigenvalue weighted by molar-refractivity contribution is 5.90. The maximum Gasteiger partial charge on any atom is 0.321 e. The molecular weight excluding hydrogens is 322 g/mol. The number of rotatable bonds is 6. The number of nitrogens with one attached hydrogen (secondary N) is 1. The standard InChI is InChI=1S/C18H21N3O4/c1-12-6-4-8-15(13(12)2)25-17-14(7-5-10-19-17)20-18(24)21(3)11-9-16(22)23/h4-8,10H,9,11H2,1-3H3,(H,20,24)(H,22,23). The minimum Gasteiger partial charge on any atom is -0.481 e. The van der Waals surface area contributed by atoms with E-state index in [0.717, 1.165) is 11.1 Å². The molecule has 0 aliphatic heterocycles. The first-order valence-corrected chi connectivity index (χ1v) is 7.81. The van der Waals surface area contributed by atoms with E-state index in [1.165, 1.54) is 11.9 Å². The van der Waals surface area contributed by atoms with Crippen molar-refractivity contribution in [2.45, 2.75) is 20.3 Å². The number of aromatic nitrogens is 1. The molecule has 0 saturated carbocycles. The third kappa shape index (κ3) is 4.94. The van der Waals surface area contributed by atoms with Crippen molar-refractivity contribution in [2.24, 2.45) is 0 Å². The Hall–Kier alpha value is -3.09. The average molecular weight is 343 g/mol. The van der Waals surface area contributed by atoms with Crippen LogP contribution in [0.5, 0.6) is 11.6 Å². The molecule has 1 heterocycles. The second-order valence-electron chi connectivity index (χ2n) is 5.65. The molecule has 0 unspecified atom stereocenters. The molecule has 2 amide bonds. The molecule has 0 atom stereocenters. The smallest absolute Gasteiger partial charge is 0.321 e. The number of ether oxygens (including phenoxy) is 1. The Morgan fingerprint density at radius 3 is 2.72 bits per heavy atom. The molecule has 25 heavy (non-hydrogen) atoms. The zero-order chi connectivity index (χ0) is 18.4. The minimum atomic E-state index is -0.958. The number of carboxylic acids is 1. The van der Waals surface area contributed by atoms with E-state index in [4.69, 9.17) is 9.84 Å². The third-order valence-electron chi connectivity index (χ3n) is 3.78. The molecule has 2 rings (SSSR count). The predicted octanol–water partition coefficient (Wildman–Crippen LogP) is 3.43. The predicted molar refractivity (Wildman–Crippen MR) is 94.1 cm³/mol. The second kappa shape index (κ2) is 8.14. The normalized spacial score (nSPS) is 10.2. The Bertz CT molecular complexity index is 777. The molecule has 7 heteroatoms. The van der Waals surface area contributed by atoms with Gasteiger partial charge in [0.1, 0.15) is 11.4 Å². The number of anilines is 1. The number of carboxylic acid groups (broad SMARTS) is 1. The molecule has 0 fully saturated rings. The molecule has 2 N–H and O–H groups in total. The van der Waals surface area contributed by atoms with E-state index in [2.05, 4.69) is 10.3 Å². The molecule has 132 valence electrons. The van der Waals surface area contributed by atoms with Crippen LogP contribution in [0.2, 0.25) is 0 Å². The van der Waals surface area contributed by atoms with Crippen LogP contribution in [0.15, 0.2) is 36.5 Å². The molecule has 0 spiro atoms. The molecule has 1 aromatic carbocycles. The van der Waals surface area contributed by atoms with Gasteiger partial charge in [0, 0.05) is 19.8 Å². The number of nitrogens with zero attached hydrogens (tertiary/aromatic N) is 2. The van der Waals surface area contributed by atoms with Gasteiger partial charge in [-0.25, -0.2) is 9.78 Å². The van der Waals surface area contributed by atoms with E-state index in [1.807, 2.05) is 32.0 Å². The number of aliphatic carboxylic acids is 1. The topological polar surface area (TPSA) is 91.8 Å². The number of aryl methyl sites for hydroxylation is 1. The fourth-order valence-electron chi connectivity index (χ4n) is 2.08. The zero-order valence-corrected chi connectivity index (χ0v) is 14.4. The fourth-order valence-corrected chi connectivity index (χ4v) is 2.08. The van der Waals surface area contributed by atoms with Crippen LogP contribution in [0.1, 0.15) is 17.5 Å². The fraction of sp³-hybridized carbons (Fsp3) is 0.278. The molecular formula is C18H21N3O4. The van der Waals surface area contributed by atoms with Gasteiger partial charge in [-0.1, -0.05) is 12.1 Å². The van der Waals surface area contributed by atoms with Crippen molar-refractivity contribution < 1.29 is 19.4 Å². The zero-order valence-electron chi connectivity index (χ0n) is 14.4. The lowest BCUT2D eigenvalue weighted by atomic mass is 10.1. The molecule has 0 aliphatic carbocycles. The lowest BCUT2D eigenvalue weighted by Crippen LogP contribution is -2.33. The number of carbonyl (C=O) groups is 2. The quantitative estimate of drug-likeness (QED) is 0.838. The Morgan fingerprint density at radius 1 is 1.24 bits per heavy atom. The van der Waals surface area contributed by atoms with Crippen molar-refractivity contribution in [3.8, 4) is 11.6 Å². The summed E-state index contributed by atoms with van der Waals surface area (Å²) in [7, 11) is 1.53. The lowest BCUT2D eigenvalue weighted by Gasteiger charge is -2.18. The summed E-state index contributed by atoms with van der Waals surface area (Å²) in [6.07, 6.45) is 1.45. The van der Waals surface area contributed by atoms with E-state index < -0.39 is 12.0 Å². The summed E-state index contributed by atoms with van der Waals surface area (Å²) in [5.74, 6) is -0.0235. The first-order chi connectivity index (χ1) is 11.9. The number of hydrogen-bond acceptors (Lipinski definition) is 4. The Labute approximate surface area is 146 Å². The SMILES string of the molecule is Cc1cccc(Oc2ncccc2NC(=O)N(C)CCC(=O)O)c1C. The van der Waals surface area contributed by atoms with Gasteiger partial charge in [0.25, 0.3) is 0 Å². The van der Waals surface area contributed by atoms with Crippen LogP contribution >= 0.6 is 0 Å². The maximum atomic E-state index is 12.2. The second-order valence-corrected chi connectivity index (χ2v) is 5.65. The molecule has 1 aromatic heterocycles. The van der Waals surface area contributed by atoms with Crippen molar-refractivity contribution in [3.63, 3.8) is 0 Å². The van der Waals surface area contributed by atoms with Gasteiger partial charge in [-0.05, 0) is 43.2 Å². The summed E-state index contributed by atoms with van der Waals surface area (Å²) in [6, 6.07) is 8.64. The number of carbonyl (C=O) groups excluding carboxylic acids is 1. The van der Waals surface area contributed by atoms with Gasteiger partial charge >= 0.3 is 12.0 Å². The summed E-state index contributed by atoms with van der Waals surface area (Å²) < 4.78 is 5.86. The van der Waals surface area contributed by atoms with Gasteiger partial charge in [0.2, 0.25) is 5.88 Å². The number of urea groups is 1. The number of benzene rings is 1. The van der Waals surface area contributed by atoms with Gasteiger partial charge in [0.05, 0.1) is 6.42 Å². The van der Waals surface area contributed by atoms with Gasteiger partial charge < -0.3 is 20.1 Å². The van der Waals surface area contributed by atoms with Crippen LogP contribution in [-0.4, -0.2) is 40.6 Å².